The van der Waals surface area contributed by atoms with Crippen LogP contribution in [-0.4, -0.2) is 46.6 Å². The summed E-state index contributed by atoms with van der Waals surface area (Å²) in [6, 6.07) is 6.23. The van der Waals surface area contributed by atoms with Crippen LogP contribution >= 0.6 is 11.8 Å². The van der Waals surface area contributed by atoms with Crippen LogP contribution in [0.25, 0.3) is 0 Å². The third-order valence-corrected chi connectivity index (χ3v) is 5.65. The van der Waals surface area contributed by atoms with Crippen molar-refractivity contribution in [2.24, 2.45) is 0 Å². The van der Waals surface area contributed by atoms with Crippen molar-refractivity contribution in [1.29, 1.82) is 0 Å². The number of pyridine rings is 1. The molecule has 0 radical (unpaired) electrons. The minimum absolute atomic E-state index is 0.381. The van der Waals surface area contributed by atoms with Gasteiger partial charge in [0.25, 0.3) is 0 Å². The van der Waals surface area contributed by atoms with Crippen LogP contribution < -0.4 is 5.32 Å². The molecule has 3 rings (SSSR count). The van der Waals surface area contributed by atoms with Crippen molar-refractivity contribution in [2.75, 3.05) is 36.5 Å². The SMILES string of the molecule is Cc1cccc(NCC2(N3CCSCC3)CCCC2)n1. The predicted octanol–water partition coefficient (Wildman–Crippen LogP) is 3.16. The standard InChI is InChI=1S/C16H25N3S/c1-14-5-4-6-15(18-14)17-13-16(7-2-3-8-16)19-9-11-20-12-10-19/h4-6H,2-3,7-13H2,1H3,(H,17,18). The second kappa shape index (κ2) is 6.35. The molecule has 0 amide bonds. The Kier molecular flexibility index (Phi) is 4.51. The Morgan fingerprint density at radius 1 is 1.25 bits per heavy atom. The summed E-state index contributed by atoms with van der Waals surface area (Å²) in [6.45, 7) is 5.62. The van der Waals surface area contributed by atoms with E-state index in [1.165, 1.54) is 50.3 Å². The van der Waals surface area contributed by atoms with Gasteiger partial charge in [-0.3, -0.25) is 4.90 Å². The van der Waals surface area contributed by atoms with E-state index < -0.39 is 0 Å². The van der Waals surface area contributed by atoms with E-state index in [2.05, 4.69) is 52.1 Å². The Hall–Kier alpha value is -0.740. The second-order valence-electron chi connectivity index (χ2n) is 6.05. The van der Waals surface area contributed by atoms with Gasteiger partial charge in [0, 0.05) is 42.4 Å². The van der Waals surface area contributed by atoms with E-state index in [9.17, 15) is 0 Å². The first-order valence-corrected chi connectivity index (χ1v) is 8.94. The number of hydrogen-bond donors (Lipinski definition) is 1. The Bertz CT molecular complexity index is 437. The van der Waals surface area contributed by atoms with Gasteiger partial charge in [0.1, 0.15) is 5.82 Å². The highest BCUT2D eigenvalue weighted by atomic mass is 32.2. The molecule has 1 N–H and O–H groups in total. The number of nitrogens with one attached hydrogen (secondary N) is 1. The molecule has 1 aliphatic carbocycles. The number of hydrogen-bond acceptors (Lipinski definition) is 4. The van der Waals surface area contributed by atoms with Gasteiger partial charge in [0.05, 0.1) is 0 Å². The number of aromatic nitrogens is 1. The van der Waals surface area contributed by atoms with Crippen LogP contribution in [0, 0.1) is 6.92 Å². The van der Waals surface area contributed by atoms with Crippen LogP contribution in [0.5, 0.6) is 0 Å². The number of rotatable bonds is 4. The third kappa shape index (κ3) is 3.12. The Labute approximate surface area is 126 Å². The van der Waals surface area contributed by atoms with E-state index in [0.29, 0.717) is 5.54 Å². The molecule has 1 aromatic heterocycles. The van der Waals surface area contributed by atoms with Gasteiger partial charge >= 0.3 is 0 Å². The molecule has 0 atom stereocenters. The van der Waals surface area contributed by atoms with Gasteiger partial charge in [-0.1, -0.05) is 18.9 Å². The van der Waals surface area contributed by atoms with Gasteiger partial charge < -0.3 is 5.32 Å². The van der Waals surface area contributed by atoms with Crippen molar-refractivity contribution >= 4 is 17.6 Å². The Morgan fingerprint density at radius 2 is 2.00 bits per heavy atom. The molecule has 0 bridgehead atoms. The first-order chi connectivity index (χ1) is 9.78. The Balaban J connectivity index is 1.67. The van der Waals surface area contributed by atoms with Crippen LogP contribution in [-0.2, 0) is 0 Å². The molecular formula is C16H25N3S. The van der Waals surface area contributed by atoms with E-state index in [1.807, 2.05) is 0 Å². The van der Waals surface area contributed by atoms with E-state index in [4.69, 9.17) is 0 Å². The molecular weight excluding hydrogens is 266 g/mol. The molecule has 2 fully saturated rings. The lowest BCUT2D eigenvalue weighted by Crippen LogP contribution is -2.54. The first-order valence-electron chi connectivity index (χ1n) is 7.79. The van der Waals surface area contributed by atoms with Gasteiger partial charge in [0.15, 0.2) is 0 Å². The lowest BCUT2D eigenvalue weighted by atomic mass is 9.94. The maximum absolute atomic E-state index is 4.58. The highest BCUT2D eigenvalue weighted by Crippen LogP contribution is 2.36. The molecule has 3 nitrogen and oxygen atoms in total. The van der Waals surface area contributed by atoms with Crippen LogP contribution in [0.2, 0.25) is 0 Å². The molecule has 2 aliphatic rings. The van der Waals surface area contributed by atoms with Crippen molar-refractivity contribution in [3.05, 3.63) is 23.9 Å². The predicted molar refractivity (Wildman–Crippen MR) is 87.6 cm³/mol. The minimum Gasteiger partial charge on any atom is -0.368 e. The molecule has 0 spiro atoms. The zero-order valence-corrected chi connectivity index (χ0v) is 13.2. The smallest absolute Gasteiger partial charge is 0.126 e. The molecule has 1 saturated carbocycles. The molecule has 110 valence electrons. The molecule has 0 unspecified atom stereocenters. The summed E-state index contributed by atoms with van der Waals surface area (Å²) in [5, 5.41) is 3.61. The molecule has 20 heavy (non-hydrogen) atoms. The first kappa shape index (κ1) is 14.2. The average Bonchev–Trinajstić information content (AvgIpc) is 2.96. The summed E-state index contributed by atoms with van der Waals surface area (Å²) in [5.41, 5.74) is 1.47. The summed E-state index contributed by atoms with van der Waals surface area (Å²) < 4.78 is 0. The summed E-state index contributed by atoms with van der Waals surface area (Å²) in [4.78, 5) is 7.33. The summed E-state index contributed by atoms with van der Waals surface area (Å²) >= 11 is 2.10. The normalized spacial score (nSPS) is 22.9. The zero-order chi connectivity index (χ0) is 13.8. The lowest BCUT2D eigenvalue weighted by Gasteiger charge is -2.43. The maximum Gasteiger partial charge on any atom is 0.126 e. The van der Waals surface area contributed by atoms with E-state index in [0.717, 1.165) is 18.1 Å². The van der Waals surface area contributed by atoms with Crippen molar-refractivity contribution in [3.63, 3.8) is 0 Å². The minimum atomic E-state index is 0.381. The molecule has 0 aromatic carbocycles. The summed E-state index contributed by atoms with van der Waals surface area (Å²) in [5.74, 6) is 3.62. The van der Waals surface area contributed by atoms with Crippen LogP contribution in [0.15, 0.2) is 18.2 Å². The molecule has 2 heterocycles. The maximum atomic E-state index is 4.58. The molecule has 1 aliphatic heterocycles. The fourth-order valence-electron chi connectivity index (χ4n) is 3.57. The van der Waals surface area contributed by atoms with Gasteiger partial charge in [-0.15, -0.1) is 0 Å². The van der Waals surface area contributed by atoms with Crippen molar-refractivity contribution in [3.8, 4) is 0 Å². The van der Waals surface area contributed by atoms with Gasteiger partial charge in [-0.25, -0.2) is 4.98 Å². The largest absolute Gasteiger partial charge is 0.368 e. The molecule has 4 heteroatoms. The van der Waals surface area contributed by atoms with E-state index >= 15 is 0 Å². The third-order valence-electron chi connectivity index (χ3n) is 4.70. The monoisotopic (exact) mass is 291 g/mol. The summed E-state index contributed by atoms with van der Waals surface area (Å²) in [6.07, 6.45) is 5.45. The number of nitrogens with zero attached hydrogens (tertiary/aromatic N) is 2. The number of anilines is 1. The van der Waals surface area contributed by atoms with Crippen molar-refractivity contribution < 1.29 is 0 Å². The fraction of sp³-hybridized carbons (Fsp3) is 0.688. The highest BCUT2D eigenvalue weighted by molar-refractivity contribution is 7.99. The number of aryl methyl sites for hydroxylation is 1. The van der Waals surface area contributed by atoms with E-state index in [-0.39, 0.29) is 0 Å². The van der Waals surface area contributed by atoms with Gasteiger partial charge in [-0.2, -0.15) is 11.8 Å². The van der Waals surface area contributed by atoms with Crippen molar-refractivity contribution in [1.82, 2.24) is 9.88 Å². The molecule has 1 aromatic rings. The average molecular weight is 291 g/mol. The van der Waals surface area contributed by atoms with E-state index in [1.54, 1.807) is 0 Å². The molecule has 1 saturated heterocycles. The fourth-order valence-corrected chi connectivity index (χ4v) is 4.48. The van der Waals surface area contributed by atoms with Gasteiger partial charge in [-0.05, 0) is 31.9 Å². The summed E-state index contributed by atoms with van der Waals surface area (Å²) in [7, 11) is 0. The Morgan fingerprint density at radius 3 is 2.70 bits per heavy atom. The topological polar surface area (TPSA) is 28.2 Å². The quantitative estimate of drug-likeness (QED) is 0.922. The van der Waals surface area contributed by atoms with Crippen LogP contribution in [0.4, 0.5) is 5.82 Å². The van der Waals surface area contributed by atoms with Crippen LogP contribution in [0.3, 0.4) is 0 Å². The van der Waals surface area contributed by atoms with Crippen LogP contribution in [0.1, 0.15) is 31.4 Å². The highest BCUT2D eigenvalue weighted by Gasteiger charge is 2.39. The number of thioether (sulfide) groups is 1. The lowest BCUT2D eigenvalue weighted by molar-refractivity contribution is 0.116. The van der Waals surface area contributed by atoms with Gasteiger partial charge in [0.2, 0.25) is 0 Å². The zero-order valence-electron chi connectivity index (χ0n) is 12.4. The van der Waals surface area contributed by atoms with Crippen molar-refractivity contribution in [2.45, 2.75) is 38.1 Å². The second-order valence-corrected chi connectivity index (χ2v) is 7.27.